The number of anilines is 3. The number of morpholine rings is 1. The molecule has 3 heterocycles. The number of nitrogens with zero attached hydrogens (tertiary/aromatic N) is 6. The van der Waals surface area contributed by atoms with Gasteiger partial charge in [0.05, 0.1) is 37.0 Å². The lowest BCUT2D eigenvalue weighted by atomic mass is 10.0. The number of rotatable bonds is 7. The standard InChI is InChI=1S/C26H24FN7O2/c27-24-17-29-26(32-25(24)34-10-12-36-13-11-34)33-30-16-21-6-7-22(15-28-21)31-20-3-1-2-19(14-20)18-4-8-23(35)9-5-18/h1-9,14-15,17,31,35H,10-13,16H2. The minimum Gasteiger partial charge on any atom is -0.508 e. The molecule has 2 aromatic carbocycles. The number of halogens is 1. The van der Waals surface area contributed by atoms with Gasteiger partial charge >= 0.3 is 0 Å². The van der Waals surface area contributed by atoms with Crippen molar-refractivity contribution in [2.24, 2.45) is 10.2 Å². The summed E-state index contributed by atoms with van der Waals surface area (Å²) in [5.41, 5.74) is 4.51. The molecule has 5 rings (SSSR count). The summed E-state index contributed by atoms with van der Waals surface area (Å²) < 4.78 is 19.5. The molecular weight excluding hydrogens is 461 g/mol. The fourth-order valence-corrected chi connectivity index (χ4v) is 3.75. The molecular formula is C26H24FN7O2. The molecule has 0 radical (unpaired) electrons. The van der Waals surface area contributed by atoms with Gasteiger partial charge in [0, 0.05) is 18.8 Å². The van der Waals surface area contributed by atoms with Gasteiger partial charge in [-0.2, -0.15) is 10.1 Å². The Hall–Kier alpha value is -4.44. The summed E-state index contributed by atoms with van der Waals surface area (Å²) in [4.78, 5) is 14.4. The van der Waals surface area contributed by atoms with Gasteiger partial charge in [-0.05, 0) is 47.5 Å². The molecule has 0 spiro atoms. The van der Waals surface area contributed by atoms with Crippen LogP contribution in [0.3, 0.4) is 0 Å². The number of phenols is 1. The Morgan fingerprint density at radius 1 is 0.944 bits per heavy atom. The van der Waals surface area contributed by atoms with E-state index in [-0.39, 0.29) is 24.1 Å². The van der Waals surface area contributed by atoms with Crippen LogP contribution in [0, 0.1) is 5.82 Å². The quantitative estimate of drug-likeness (QED) is 0.344. The van der Waals surface area contributed by atoms with Crippen LogP contribution in [0.15, 0.2) is 83.3 Å². The summed E-state index contributed by atoms with van der Waals surface area (Å²) in [6.45, 7) is 2.43. The van der Waals surface area contributed by atoms with Crippen LogP contribution in [0.25, 0.3) is 11.1 Å². The van der Waals surface area contributed by atoms with E-state index >= 15 is 0 Å². The number of nitrogens with one attached hydrogen (secondary N) is 1. The molecule has 1 aliphatic rings. The van der Waals surface area contributed by atoms with E-state index in [4.69, 9.17) is 4.74 Å². The van der Waals surface area contributed by atoms with Gasteiger partial charge in [-0.15, -0.1) is 5.11 Å². The largest absolute Gasteiger partial charge is 0.508 e. The average molecular weight is 486 g/mol. The smallest absolute Gasteiger partial charge is 0.270 e. The van der Waals surface area contributed by atoms with Gasteiger partial charge in [0.15, 0.2) is 11.6 Å². The van der Waals surface area contributed by atoms with E-state index in [0.717, 1.165) is 34.4 Å². The molecule has 36 heavy (non-hydrogen) atoms. The molecule has 0 atom stereocenters. The van der Waals surface area contributed by atoms with Crippen LogP contribution in [-0.2, 0) is 11.3 Å². The Labute approximate surface area is 207 Å². The van der Waals surface area contributed by atoms with Gasteiger partial charge in [-0.3, -0.25) is 4.98 Å². The third kappa shape index (κ3) is 5.78. The number of pyridine rings is 1. The maximum Gasteiger partial charge on any atom is 0.270 e. The van der Waals surface area contributed by atoms with Crippen molar-refractivity contribution < 1.29 is 14.2 Å². The highest BCUT2D eigenvalue weighted by Crippen LogP contribution is 2.26. The van der Waals surface area contributed by atoms with Crippen molar-refractivity contribution in [3.63, 3.8) is 0 Å². The summed E-state index contributed by atoms with van der Waals surface area (Å²) >= 11 is 0. The molecule has 1 aliphatic heterocycles. The van der Waals surface area contributed by atoms with E-state index in [1.54, 1.807) is 18.3 Å². The molecule has 9 nitrogen and oxygen atoms in total. The van der Waals surface area contributed by atoms with Crippen molar-refractivity contribution in [1.29, 1.82) is 0 Å². The summed E-state index contributed by atoms with van der Waals surface area (Å²) in [7, 11) is 0. The van der Waals surface area contributed by atoms with Crippen LogP contribution >= 0.6 is 0 Å². The minimum absolute atomic E-state index is 0.102. The van der Waals surface area contributed by atoms with Crippen LogP contribution in [0.4, 0.5) is 27.5 Å². The molecule has 0 amide bonds. The first-order valence-electron chi connectivity index (χ1n) is 11.5. The van der Waals surface area contributed by atoms with E-state index in [1.807, 2.05) is 53.4 Å². The van der Waals surface area contributed by atoms with Crippen LogP contribution in [0.2, 0.25) is 0 Å². The third-order valence-corrected chi connectivity index (χ3v) is 5.59. The first kappa shape index (κ1) is 23.3. The number of ether oxygens (including phenoxy) is 1. The SMILES string of the molecule is Oc1ccc(-c2cccc(Nc3ccc(CN=Nc4ncc(F)c(N5CCOCC5)n4)nc3)c2)cc1. The fraction of sp³-hybridized carbons (Fsp3) is 0.192. The summed E-state index contributed by atoms with van der Waals surface area (Å²) in [6, 6.07) is 18.8. The highest BCUT2D eigenvalue weighted by atomic mass is 19.1. The number of aromatic hydroxyl groups is 1. The lowest BCUT2D eigenvalue weighted by Crippen LogP contribution is -2.37. The van der Waals surface area contributed by atoms with Gasteiger partial charge in [-0.1, -0.05) is 24.3 Å². The second kappa shape index (κ2) is 10.9. The lowest BCUT2D eigenvalue weighted by Gasteiger charge is -2.27. The summed E-state index contributed by atoms with van der Waals surface area (Å²) in [6.07, 6.45) is 2.84. The van der Waals surface area contributed by atoms with E-state index < -0.39 is 5.82 Å². The zero-order valence-electron chi connectivity index (χ0n) is 19.4. The Kier molecular flexibility index (Phi) is 7.04. The minimum atomic E-state index is -0.491. The molecule has 0 aliphatic carbocycles. The zero-order valence-corrected chi connectivity index (χ0v) is 19.4. The van der Waals surface area contributed by atoms with Gasteiger partial charge in [0.2, 0.25) is 0 Å². The van der Waals surface area contributed by atoms with Crippen LogP contribution in [-0.4, -0.2) is 46.4 Å². The second-order valence-corrected chi connectivity index (χ2v) is 8.13. The predicted octanol–water partition coefficient (Wildman–Crippen LogP) is 5.25. The van der Waals surface area contributed by atoms with Crippen molar-refractivity contribution >= 4 is 23.1 Å². The van der Waals surface area contributed by atoms with Crippen molar-refractivity contribution in [3.05, 3.63) is 84.6 Å². The maximum absolute atomic E-state index is 14.2. The topological polar surface area (TPSA) is 108 Å². The first-order chi connectivity index (χ1) is 17.6. The van der Waals surface area contributed by atoms with Crippen molar-refractivity contribution in [3.8, 4) is 16.9 Å². The highest BCUT2D eigenvalue weighted by Gasteiger charge is 2.17. The zero-order chi connectivity index (χ0) is 24.7. The molecule has 182 valence electrons. The van der Waals surface area contributed by atoms with Gasteiger partial charge in [-0.25, -0.2) is 9.37 Å². The van der Waals surface area contributed by atoms with Crippen LogP contribution in [0.5, 0.6) is 5.75 Å². The number of azo groups is 1. The van der Waals surface area contributed by atoms with Crippen molar-refractivity contribution in [1.82, 2.24) is 15.0 Å². The number of phenolic OH excluding ortho intramolecular Hbond substituents is 1. The fourth-order valence-electron chi connectivity index (χ4n) is 3.75. The Morgan fingerprint density at radius 3 is 2.56 bits per heavy atom. The summed E-state index contributed by atoms with van der Waals surface area (Å²) in [5, 5.41) is 21.0. The Balaban J connectivity index is 1.20. The van der Waals surface area contributed by atoms with E-state index in [0.29, 0.717) is 26.3 Å². The highest BCUT2D eigenvalue weighted by molar-refractivity contribution is 5.71. The van der Waals surface area contributed by atoms with Crippen molar-refractivity contribution in [2.45, 2.75) is 6.54 Å². The molecule has 0 unspecified atom stereocenters. The monoisotopic (exact) mass is 485 g/mol. The number of hydrogen-bond acceptors (Lipinski definition) is 9. The molecule has 2 aromatic heterocycles. The van der Waals surface area contributed by atoms with Crippen LogP contribution < -0.4 is 10.2 Å². The van der Waals surface area contributed by atoms with Crippen LogP contribution in [0.1, 0.15) is 5.69 Å². The number of benzene rings is 2. The number of aromatic nitrogens is 3. The molecule has 1 saturated heterocycles. The first-order valence-corrected chi connectivity index (χ1v) is 11.5. The Bertz CT molecular complexity index is 1340. The number of hydrogen-bond donors (Lipinski definition) is 2. The molecule has 0 bridgehead atoms. The van der Waals surface area contributed by atoms with Gasteiger partial charge in [0.25, 0.3) is 5.95 Å². The molecule has 0 saturated carbocycles. The predicted molar refractivity (Wildman–Crippen MR) is 134 cm³/mol. The molecule has 4 aromatic rings. The third-order valence-electron chi connectivity index (χ3n) is 5.59. The van der Waals surface area contributed by atoms with Gasteiger partial charge < -0.3 is 20.1 Å². The van der Waals surface area contributed by atoms with E-state index in [1.165, 1.54) is 0 Å². The maximum atomic E-state index is 14.2. The second-order valence-electron chi connectivity index (χ2n) is 8.13. The average Bonchev–Trinajstić information content (AvgIpc) is 2.92. The van der Waals surface area contributed by atoms with Gasteiger partial charge in [0.1, 0.15) is 12.3 Å². The lowest BCUT2D eigenvalue weighted by molar-refractivity contribution is 0.122. The summed E-state index contributed by atoms with van der Waals surface area (Å²) in [5.74, 6) is 0.0610. The molecule has 10 heteroatoms. The van der Waals surface area contributed by atoms with E-state index in [9.17, 15) is 9.50 Å². The molecule has 2 N–H and O–H groups in total. The van der Waals surface area contributed by atoms with E-state index in [2.05, 4.69) is 30.5 Å². The Morgan fingerprint density at radius 2 is 1.78 bits per heavy atom. The van der Waals surface area contributed by atoms with Crippen molar-refractivity contribution in [2.75, 3.05) is 36.5 Å². The normalized spacial score (nSPS) is 13.8. The molecule has 1 fully saturated rings.